The number of rotatable bonds is 4. The zero-order valence-electron chi connectivity index (χ0n) is 13.7. The van der Waals surface area contributed by atoms with Gasteiger partial charge in [0.15, 0.2) is 18.9 Å². The van der Waals surface area contributed by atoms with Crippen molar-refractivity contribution in [3.8, 4) is 0 Å². The molecule has 3 rings (SSSR count). The normalized spacial score (nSPS) is 20.9. The monoisotopic (exact) mass is 309 g/mol. The highest BCUT2D eigenvalue weighted by Crippen LogP contribution is 2.23. The lowest BCUT2D eigenvalue weighted by Crippen LogP contribution is -2.42. The molecule has 0 saturated heterocycles. The smallest absolute Gasteiger partial charge is 0.257 e. The van der Waals surface area contributed by atoms with Crippen LogP contribution in [0.3, 0.4) is 0 Å². The van der Waals surface area contributed by atoms with Gasteiger partial charge in [-0.05, 0) is 24.8 Å². The van der Waals surface area contributed by atoms with Crippen LogP contribution in [0.2, 0.25) is 0 Å². The standard InChI is InChI=1S/C20H24N2O/c1-16-8-5-6-12-19(16)21-20(23)18-11-7-13-22(15-18)14-17-9-3-2-4-10-17/h2-4,7,9-11,13,15-16,19H,5-6,8,12,14H2,1H3/p+1/t16-,19+/m1/s1. The maximum Gasteiger partial charge on any atom is 0.257 e. The van der Waals surface area contributed by atoms with E-state index >= 15 is 0 Å². The number of hydrogen-bond donors (Lipinski definition) is 1. The van der Waals surface area contributed by atoms with Gasteiger partial charge < -0.3 is 5.32 Å². The summed E-state index contributed by atoms with van der Waals surface area (Å²) in [6, 6.07) is 14.5. The minimum Gasteiger partial charge on any atom is -0.349 e. The molecule has 23 heavy (non-hydrogen) atoms. The highest BCUT2D eigenvalue weighted by atomic mass is 16.1. The first kappa shape index (κ1) is 15.7. The minimum atomic E-state index is 0.0474. The summed E-state index contributed by atoms with van der Waals surface area (Å²) in [5, 5.41) is 3.22. The Morgan fingerprint density at radius 3 is 2.70 bits per heavy atom. The molecule has 1 saturated carbocycles. The molecular formula is C20H25N2O+. The van der Waals surface area contributed by atoms with E-state index in [-0.39, 0.29) is 5.91 Å². The van der Waals surface area contributed by atoms with E-state index in [1.165, 1.54) is 24.8 Å². The molecule has 1 aliphatic carbocycles. The molecule has 0 spiro atoms. The van der Waals surface area contributed by atoms with E-state index in [0.29, 0.717) is 12.0 Å². The van der Waals surface area contributed by atoms with E-state index in [4.69, 9.17) is 0 Å². The molecular weight excluding hydrogens is 284 g/mol. The fourth-order valence-electron chi connectivity index (χ4n) is 3.33. The quantitative estimate of drug-likeness (QED) is 0.863. The molecule has 0 bridgehead atoms. The molecule has 0 radical (unpaired) electrons. The van der Waals surface area contributed by atoms with Crippen LogP contribution in [0.25, 0.3) is 0 Å². The fraction of sp³-hybridized carbons (Fsp3) is 0.400. The summed E-state index contributed by atoms with van der Waals surface area (Å²) in [6.45, 7) is 3.02. The lowest BCUT2D eigenvalue weighted by atomic mass is 9.86. The molecule has 3 nitrogen and oxygen atoms in total. The third-order valence-corrected chi connectivity index (χ3v) is 4.76. The average Bonchev–Trinajstić information content (AvgIpc) is 2.58. The van der Waals surface area contributed by atoms with E-state index in [1.807, 2.05) is 42.7 Å². The summed E-state index contributed by atoms with van der Waals surface area (Å²) < 4.78 is 2.06. The second-order valence-electron chi connectivity index (χ2n) is 6.59. The second kappa shape index (κ2) is 7.40. The van der Waals surface area contributed by atoms with Crippen LogP contribution in [0, 0.1) is 5.92 Å². The highest BCUT2D eigenvalue weighted by molar-refractivity contribution is 5.93. The Hall–Kier alpha value is -2.16. The molecule has 1 fully saturated rings. The molecule has 1 heterocycles. The minimum absolute atomic E-state index is 0.0474. The zero-order chi connectivity index (χ0) is 16.1. The number of aromatic nitrogens is 1. The van der Waals surface area contributed by atoms with Gasteiger partial charge in [-0.1, -0.05) is 50.1 Å². The van der Waals surface area contributed by atoms with Crippen LogP contribution in [0.15, 0.2) is 54.9 Å². The molecule has 1 N–H and O–H groups in total. The predicted molar refractivity (Wildman–Crippen MR) is 91.1 cm³/mol. The van der Waals surface area contributed by atoms with Crippen molar-refractivity contribution in [2.75, 3.05) is 0 Å². The summed E-state index contributed by atoms with van der Waals surface area (Å²) in [5.74, 6) is 0.624. The number of benzene rings is 1. The number of nitrogens with one attached hydrogen (secondary N) is 1. The van der Waals surface area contributed by atoms with Crippen LogP contribution < -0.4 is 9.88 Å². The Morgan fingerprint density at radius 1 is 1.13 bits per heavy atom. The largest absolute Gasteiger partial charge is 0.349 e. The first-order valence-corrected chi connectivity index (χ1v) is 8.56. The Labute approximate surface area is 138 Å². The number of nitrogens with zero attached hydrogens (tertiary/aromatic N) is 1. The summed E-state index contributed by atoms with van der Waals surface area (Å²) in [4.78, 5) is 12.5. The first-order valence-electron chi connectivity index (χ1n) is 8.56. The van der Waals surface area contributed by atoms with Gasteiger partial charge in [0.05, 0.1) is 0 Å². The molecule has 0 aliphatic heterocycles. The maximum atomic E-state index is 12.5. The van der Waals surface area contributed by atoms with Crippen molar-refractivity contribution in [2.45, 2.75) is 45.2 Å². The second-order valence-corrected chi connectivity index (χ2v) is 6.59. The van der Waals surface area contributed by atoms with Crippen LogP contribution in [-0.2, 0) is 6.54 Å². The predicted octanol–water partition coefficient (Wildman–Crippen LogP) is 3.33. The van der Waals surface area contributed by atoms with E-state index in [0.717, 1.165) is 18.5 Å². The van der Waals surface area contributed by atoms with Crippen LogP contribution in [0.4, 0.5) is 0 Å². The maximum absolute atomic E-state index is 12.5. The van der Waals surface area contributed by atoms with E-state index < -0.39 is 0 Å². The fourth-order valence-corrected chi connectivity index (χ4v) is 3.33. The van der Waals surface area contributed by atoms with Crippen LogP contribution in [0.1, 0.15) is 48.5 Å². The van der Waals surface area contributed by atoms with Crippen molar-refractivity contribution in [1.29, 1.82) is 0 Å². The SMILES string of the molecule is C[C@@H]1CCCC[C@@H]1NC(=O)c1ccc[n+](Cc2ccccc2)c1. The van der Waals surface area contributed by atoms with E-state index in [2.05, 4.69) is 28.9 Å². The van der Waals surface area contributed by atoms with Crippen LogP contribution in [0.5, 0.6) is 0 Å². The van der Waals surface area contributed by atoms with Crippen molar-refractivity contribution in [3.63, 3.8) is 0 Å². The summed E-state index contributed by atoms with van der Waals surface area (Å²) in [6.07, 6.45) is 8.77. The lowest BCUT2D eigenvalue weighted by molar-refractivity contribution is -0.688. The lowest BCUT2D eigenvalue weighted by Gasteiger charge is -2.29. The molecule has 120 valence electrons. The number of hydrogen-bond acceptors (Lipinski definition) is 1. The van der Waals surface area contributed by atoms with Gasteiger partial charge in [-0.3, -0.25) is 4.79 Å². The average molecular weight is 309 g/mol. The zero-order valence-corrected chi connectivity index (χ0v) is 13.7. The van der Waals surface area contributed by atoms with Crippen molar-refractivity contribution in [2.24, 2.45) is 5.92 Å². The van der Waals surface area contributed by atoms with Crippen molar-refractivity contribution in [1.82, 2.24) is 5.32 Å². The number of pyridine rings is 1. The molecule has 2 aromatic rings. The van der Waals surface area contributed by atoms with Gasteiger partial charge in [-0.2, -0.15) is 4.57 Å². The van der Waals surface area contributed by atoms with Crippen molar-refractivity contribution in [3.05, 3.63) is 66.0 Å². The number of amides is 1. The Bertz CT molecular complexity index is 654. The van der Waals surface area contributed by atoms with Gasteiger partial charge in [0.1, 0.15) is 5.56 Å². The van der Waals surface area contributed by atoms with Gasteiger partial charge in [0.25, 0.3) is 5.91 Å². The molecule has 1 aromatic carbocycles. The van der Waals surface area contributed by atoms with Gasteiger partial charge in [0, 0.05) is 17.7 Å². The summed E-state index contributed by atoms with van der Waals surface area (Å²) in [5.41, 5.74) is 1.97. The van der Waals surface area contributed by atoms with Gasteiger partial charge in [0.2, 0.25) is 0 Å². The Kier molecular flexibility index (Phi) is 5.06. The van der Waals surface area contributed by atoms with Crippen molar-refractivity contribution < 1.29 is 9.36 Å². The summed E-state index contributed by atoms with van der Waals surface area (Å²) in [7, 11) is 0. The van der Waals surface area contributed by atoms with Gasteiger partial charge in [-0.15, -0.1) is 0 Å². The molecule has 2 atom stereocenters. The third kappa shape index (κ3) is 4.19. The highest BCUT2D eigenvalue weighted by Gasteiger charge is 2.23. The Morgan fingerprint density at radius 2 is 1.91 bits per heavy atom. The van der Waals surface area contributed by atoms with Crippen LogP contribution in [-0.4, -0.2) is 11.9 Å². The van der Waals surface area contributed by atoms with Gasteiger partial charge >= 0.3 is 0 Å². The van der Waals surface area contributed by atoms with Gasteiger partial charge in [-0.25, -0.2) is 0 Å². The third-order valence-electron chi connectivity index (χ3n) is 4.76. The van der Waals surface area contributed by atoms with Crippen molar-refractivity contribution >= 4 is 5.91 Å². The molecule has 0 unspecified atom stereocenters. The van der Waals surface area contributed by atoms with Crippen LogP contribution >= 0.6 is 0 Å². The summed E-state index contributed by atoms with van der Waals surface area (Å²) >= 11 is 0. The molecule has 1 aromatic heterocycles. The van der Waals surface area contributed by atoms with E-state index in [1.54, 1.807) is 0 Å². The molecule has 1 aliphatic rings. The number of carbonyl (C=O) groups excluding carboxylic acids is 1. The number of carbonyl (C=O) groups is 1. The van der Waals surface area contributed by atoms with E-state index in [9.17, 15) is 4.79 Å². The topological polar surface area (TPSA) is 33.0 Å². The molecule has 3 heteroatoms. The first-order chi connectivity index (χ1) is 11.2. The Balaban J connectivity index is 1.67. The molecule has 1 amide bonds.